The number of imide groups is 1. The van der Waals surface area contributed by atoms with Gasteiger partial charge in [0.2, 0.25) is 0 Å². The van der Waals surface area contributed by atoms with E-state index in [-0.39, 0.29) is 9.81 Å². The molecule has 0 saturated carbocycles. The highest BCUT2D eigenvalue weighted by Crippen LogP contribution is 2.36. The van der Waals surface area contributed by atoms with Crippen LogP contribution < -0.4 is 4.74 Å². The summed E-state index contributed by atoms with van der Waals surface area (Å²) in [6.45, 7) is -1.60. The summed E-state index contributed by atoms with van der Waals surface area (Å²) in [5.41, 5.74) is 0.524. The van der Waals surface area contributed by atoms with Crippen molar-refractivity contribution in [1.29, 1.82) is 0 Å². The van der Waals surface area contributed by atoms with E-state index in [1.807, 2.05) is 0 Å². The second-order valence-corrected chi connectivity index (χ2v) is 5.85. The Balaban J connectivity index is 2.20. The zero-order valence-corrected chi connectivity index (χ0v) is 13.0. The van der Waals surface area contributed by atoms with Gasteiger partial charge in [-0.15, -0.1) is 0 Å². The Labute approximate surface area is 138 Å². The van der Waals surface area contributed by atoms with Crippen LogP contribution in [0.1, 0.15) is 5.56 Å². The van der Waals surface area contributed by atoms with E-state index in [1.165, 1.54) is 13.2 Å². The number of hydrogen-bond acceptors (Lipinski definition) is 6. The first-order valence-electron chi connectivity index (χ1n) is 6.46. The number of carbonyl (C=O) groups excluding carboxylic acids is 2. The summed E-state index contributed by atoms with van der Waals surface area (Å²) in [7, 11) is 1.47. The van der Waals surface area contributed by atoms with Crippen LogP contribution in [0, 0.1) is 0 Å². The van der Waals surface area contributed by atoms with Crippen LogP contribution in [0.3, 0.4) is 0 Å². The van der Waals surface area contributed by atoms with E-state index in [4.69, 9.17) is 14.9 Å². The number of nitrogens with zero attached hydrogens (tertiary/aromatic N) is 1. The summed E-state index contributed by atoms with van der Waals surface area (Å²) in [5.74, 6) is -4.64. The zero-order chi connectivity index (χ0) is 18.1. The van der Waals surface area contributed by atoms with Gasteiger partial charge in [-0.2, -0.15) is 13.2 Å². The number of amides is 2. The first-order valence-corrected chi connectivity index (χ1v) is 7.28. The van der Waals surface area contributed by atoms with Gasteiger partial charge in [0, 0.05) is 0 Å². The molecule has 1 aromatic rings. The molecule has 2 amide bonds. The van der Waals surface area contributed by atoms with E-state index < -0.39 is 29.7 Å². The van der Waals surface area contributed by atoms with Crippen molar-refractivity contribution in [3.8, 4) is 5.75 Å². The molecule has 0 aromatic heterocycles. The Kier molecular flexibility index (Phi) is 4.92. The van der Waals surface area contributed by atoms with Crippen molar-refractivity contribution in [2.24, 2.45) is 0 Å². The first-order chi connectivity index (χ1) is 11.0. The number of rotatable bonds is 4. The van der Waals surface area contributed by atoms with Crippen molar-refractivity contribution < 1.29 is 37.7 Å². The molecular formula is C14H12F3NO5S. The Bertz CT molecular complexity index is 685. The van der Waals surface area contributed by atoms with Crippen LogP contribution in [0.2, 0.25) is 0 Å². The van der Waals surface area contributed by atoms with Crippen molar-refractivity contribution >= 4 is 29.0 Å². The van der Waals surface area contributed by atoms with Gasteiger partial charge in [-0.3, -0.25) is 14.5 Å². The Morgan fingerprint density at radius 3 is 2.29 bits per heavy atom. The van der Waals surface area contributed by atoms with Gasteiger partial charge in [-0.25, -0.2) is 0 Å². The highest BCUT2D eigenvalue weighted by Gasteiger charge is 2.56. The fraction of sp³-hybridized carbons (Fsp3) is 0.286. The predicted molar refractivity (Wildman–Crippen MR) is 78.9 cm³/mol. The van der Waals surface area contributed by atoms with Gasteiger partial charge in [0.15, 0.2) is 0 Å². The standard InChI is InChI=1S/C14H12F3NO5S/c1-23-9-4-2-8(3-5-9)6-10-11(19)18(12(20)24-10)7-13(21,22)14(15,16)17/h2-6,21-22H,7H2,1H3/b10-6-. The summed E-state index contributed by atoms with van der Waals surface area (Å²) in [4.78, 5) is 23.8. The summed E-state index contributed by atoms with van der Waals surface area (Å²) < 4.78 is 42.4. The van der Waals surface area contributed by atoms with Crippen LogP contribution >= 0.6 is 11.8 Å². The summed E-state index contributed by atoms with van der Waals surface area (Å²) in [5, 5.41) is 17.0. The number of halogens is 3. The number of β-amino-alcohol motifs (C(OH)–C–C–N with tert-alkyl or cyclic N) is 2. The van der Waals surface area contributed by atoms with E-state index in [0.29, 0.717) is 23.1 Å². The van der Waals surface area contributed by atoms with E-state index in [1.54, 1.807) is 24.3 Å². The molecule has 1 saturated heterocycles. The summed E-state index contributed by atoms with van der Waals surface area (Å²) in [6.07, 6.45) is -4.09. The minimum atomic E-state index is -5.40. The number of methoxy groups -OCH3 is 1. The van der Waals surface area contributed by atoms with Gasteiger partial charge in [0.1, 0.15) is 5.75 Å². The third kappa shape index (κ3) is 3.71. The van der Waals surface area contributed by atoms with E-state index in [9.17, 15) is 22.8 Å². The lowest BCUT2D eigenvalue weighted by atomic mass is 10.2. The molecule has 1 aliphatic rings. The van der Waals surface area contributed by atoms with E-state index in [0.717, 1.165) is 0 Å². The molecule has 0 aliphatic carbocycles. The van der Waals surface area contributed by atoms with Gasteiger partial charge in [0.05, 0.1) is 18.6 Å². The Morgan fingerprint density at radius 1 is 1.21 bits per heavy atom. The molecule has 6 nitrogen and oxygen atoms in total. The van der Waals surface area contributed by atoms with Crippen LogP contribution in [0.5, 0.6) is 5.75 Å². The SMILES string of the molecule is COc1ccc(/C=C2\SC(=O)N(CC(O)(O)C(F)(F)F)C2=O)cc1. The Morgan fingerprint density at radius 2 is 1.79 bits per heavy atom. The maximum absolute atomic E-state index is 12.5. The van der Waals surface area contributed by atoms with Crippen molar-refractivity contribution in [1.82, 2.24) is 4.90 Å². The van der Waals surface area contributed by atoms with Crippen LogP contribution in [0.4, 0.5) is 18.0 Å². The highest BCUT2D eigenvalue weighted by molar-refractivity contribution is 8.18. The highest BCUT2D eigenvalue weighted by atomic mass is 32.2. The number of aliphatic hydroxyl groups is 2. The fourth-order valence-electron chi connectivity index (χ4n) is 1.80. The molecule has 24 heavy (non-hydrogen) atoms. The minimum absolute atomic E-state index is 0.122. The number of alkyl halides is 3. The summed E-state index contributed by atoms with van der Waals surface area (Å²) >= 11 is 0.416. The van der Waals surface area contributed by atoms with Gasteiger partial charge in [0.25, 0.3) is 16.9 Å². The molecule has 0 spiro atoms. The van der Waals surface area contributed by atoms with Crippen molar-refractivity contribution in [3.63, 3.8) is 0 Å². The average Bonchev–Trinajstić information content (AvgIpc) is 2.74. The summed E-state index contributed by atoms with van der Waals surface area (Å²) in [6, 6.07) is 6.38. The fourth-order valence-corrected chi connectivity index (χ4v) is 2.64. The molecular weight excluding hydrogens is 351 g/mol. The van der Waals surface area contributed by atoms with Gasteiger partial charge >= 0.3 is 6.18 Å². The quantitative estimate of drug-likeness (QED) is 0.628. The van der Waals surface area contributed by atoms with Crippen LogP contribution in [0.15, 0.2) is 29.2 Å². The number of benzene rings is 1. The molecule has 1 aliphatic heterocycles. The third-order valence-corrected chi connectivity index (χ3v) is 4.03. The number of carbonyl (C=O) groups is 2. The second-order valence-electron chi connectivity index (χ2n) is 4.86. The molecule has 0 bridgehead atoms. The van der Waals surface area contributed by atoms with E-state index >= 15 is 0 Å². The number of thioether (sulfide) groups is 1. The monoisotopic (exact) mass is 363 g/mol. The molecule has 130 valence electrons. The molecule has 2 rings (SSSR count). The third-order valence-electron chi connectivity index (χ3n) is 3.12. The maximum Gasteiger partial charge on any atom is 0.444 e. The molecule has 1 aromatic carbocycles. The molecule has 2 N–H and O–H groups in total. The normalized spacial score (nSPS) is 17.8. The second kappa shape index (κ2) is 6.46. The lowest BCUT2D eigenvalue weighted by molar-refractivity contribution is -0.348. The zero-order valence-electron chi connectivity index (χ0n) is 12.2. The maximum atomic E-state index is 12.5. The van der Waals surface area contributed by atoms with Crippen LogP contribution in [0.25, 0.3) is 6.08 Å². The molecule has 1 heterocycles. The topological polar surface area (TPSA) is 87.1 Å². The average molecular weight is 363 g/mol. The number of hydrogen-bond donors (Lipinski definition) is 2. The van der Waals surface area contributed by atoms with Crippen LogP contribution in [-0.4, -0.2) is 51.9 Å². The molecule has 1 fully saturated rings. The number of ether oxygens (including phenoxy) is 1. The largest absolute Gasteiger partial charge is 0.497 e. The van der Waals surface area contributed by atoms with Crippen molar-refractivity contribution in [3.05, 3.63) is 34.7 Å². The lowest BCUT2D eigenvalue weighted by Crippen LogP contribution is -2.54. The first kappa shape index (κ1) is 18.3. The van der Waals surface area contributed by atoms with Gasteiger partial charge in [-0.1, -0.05) is 12.1 Å². The smallest absolute Gasteiger partial charge is 0.444 e. The van der Waals surface area contributed by atoms with Gasteiger partial charge in [-0.05, 0) is 35.5 Å². The van der Waals surface area contributed by atoms with Gasteiger partial charge < -0.3 is 14.9 Å². The van der Waals surface area contributed by atoms with E-state index in [2.05, 4.69) is 0 Å². The Hall–Kier alpha value is -2.04. The van der Waals surface area contributed by atoms with Crippen LogP contribution in [-0.2, 0) is 4.79 Å². The lowest BCUT2D eigenvalue weighted by Gasteiger charge is -2.27. The van der Waals surface area contributed by atoms with Crippen molar-refractivity contribution in [2.75, 3.05) is 13.7 Å². The molecule has 0 atom stereocenters. The molecule has 0 radical (unpaired) electrons. The minimum Gasteiger partial charge on any atom is -0.497 e. The van der Waals surface area contributed by atoms with Crippen molar-refractivity contribution in [2.45, 2.75) is 12.0 Å². The molecule has 10 heteroatoms. The molecule has 0 unspecified atom stereocenters. The predicted octanol–water partition coefficient (Wildman–Crippen LogP) is 1.97.